The molecule has 0 spiro atoms. The van der Waals surface area contributed by atoms with Crippen LogP contribution in [-0.4, -0.2) is 36.2 Å². The van der Waals surface area contributed by atoms with E-state index in [1.165, 1.54) is 0 Å². The molecule has 2 aromatic rings. The number of hydrogen-bond donors (Lipinski definition) is 1. The monoisotopic (exact) mass is 373 g/mol. The van der Waals surface area contributed by atoms with Crippen LogP contribution in [0.3, 0.4) is 0 Å². The van der Waals surface area contributed by atoms with Gasteiger partial charge >= 0.3 is 0 Å². The van der Waals surface area contributed by atoms with Crippen LogP contribution in [0.2, 0.25) is 0 Å². The highest BCUT2D eigenvalue weighted by atomic mass is 79.9. The minimum Gasteiger partial charge on any atom is -0.487 e. The van der Waals surface area contributed by atoms with Gasteiger partial charge in [-0.25, -0.2) is 8.42 Å². The first-order chi connectivity index (χ1) is 9.97. The molecule has 1 aromatic heterocycles. The highest BCUT2D eigenvalue weighted by Gasteiger charge is 2.35. The molecule has 2 N–H and O–H groups in total. The fourth-order valence-electron chi connectivity index (χ4n) is 1.96. The highest BCUT2D eigenvalue weighted by Crippen LogP contribution is 2.31. The van der Waals surface area contributed by atoms with Crippen molar-refractivity contribution in [2.75, 3.05) is 11.5 Å². The Balaban J connectivity index is 1.76. The molecule has 1 aliphatic rings. The van der Waals surface area contributed by atoms with Gasteiger partial charge in [0.05, 0.1) is 22.5 Å². The van der Waals surface area contributed by atoms with Gasteiger partial charge in [0.25, 0.3) is 0 Å². The van der Waals surface area contributed by atoms with Crippen molar-refractivity contribution < 1.29 is 17.7 Å². The van der Waals surface area contributed by atoms with Gasteiger partial charge in [-0.1, -0.05) is 5.16 Å². The Morgan fingerprint density at radius 3 is 2.76 bits per heavy atom. The maximum absolute atomic E-state index is 11.1. The maximum Gasteiger partial charge on any atom is 0.240 e. The summed E-state index contributed by atoms with van der Waals surface area (Å²) in [6, 6.07) is 5.30. The fourth-order valence-corrected chi connectivity index (χ4v) is 3.60. The molecule has 9 heteroatoms. The first kappa shape index (κ1) is 14.5. The molecule has 0 amide bonds. The molecule has 0 bridgehead atoms. The van der Waals surface area contributed by atoms with Crippen LogP contribution in [-0.2, 0) is 16.4 Å². The van der Waals surface area contributed by atoms with Gasteiger partial charge in [0.15, 0.2) is 9.84 Å². The molecule has 0 saturated carbocycles. The first-order valence-corrected chi connectivity index (χ1v) is 8.78. The Morgan fingerprint density at radius 1 is 1.43 bits per heavy atom. The molecule has 1 fully saturated rings. The maximum atomic E-state index is 11.1. The molecule has 112 valence electrons. The van der Waals surface area contributed by atoms with Crippen molar-refractivity contribution >= 4 is 25.8 Å². The molecule has 2 heterocycles. The predicted molar refractivity (Wildman–Crippen MR) is 78.4 cm³/mol. The summed E-state index contributed by atoms with van der Waals surface area (Å²) in [5.41, 5.74) is 6.17. The van der Waals surface area contributed by atoms with Gasteiger partial charge in [-0.2, -0.15) is 4.98 Å². The fraction of sp³-hybridized carbons (Fsp3) is 0.333. The normalized spacial score (nSPS) is 17.4. The minimum atomic E-state index is -2.90. The predicted octanol–water partition coefficient (Wildman–Crippen LogP) is 1.13. The summed E-state index contributed by atoms with van der Waals surface area (Å²) in [7, 11) is -2.90. The largest absolute Gasteiger partial charge is 0.487 e. The quantitative estimate of drug-likeness (QED) is 0.855. The Labute approximate surface area is 129 Å². The van der Waals surface area contributed by atoms with E-state index in [9.17, 15) is 8.42 Å². The molecule has 0 unspecified atom stereocenters. The molecule has 1 aliphatic heterocycles. The van der Waals surface area contributed by atoms with E-state index in [0.29, 0.717) is 21.9 Å². The average molecular weight is 374 g/mol. The van der Waals surface area contributed by atoms with E-state index in [1.807, 2.05) is 0 Å². The van der Waals surface area contributed by atoms with E-state index in [2.05, 4.69) is 26.1 Å². The summed E-state index contributed by atoms with van der Waals surface area (Å²) in [5.74, 6) is 1.51. The number of nitrogens with two attached hydrogens (primary N) is 1. The molecule has 21 heavy (non-hydrogen) atoms. The van der Waals surface area contributed by atoms with Gasteiger partial charge in [-0.3, -0.25) is 0 Å². The number of halogens is 1. The van der Waals surface area contributed by atoms with Gasteiger partial charge in [0.1, 0.15) is 11.9 Å². The SMILES string of the molecule is NCc1nc(-c2ccc(OC3CS(=O)(=O)C3)c(Br)c2)no1. The zero-order valence-electron chi connectivity index (χ0n) is 10.8. The summed E-state index contributed by atoms with van der Waals surface area (Å²) >= 11 is 3.39. The first-order valence-electron chi connectivity index (χ1n) is 6.16. The van der Waals surface area contributed by atoms with Crippen molar-refractivity contribution in [2.24, 2.45) is 5.73 Å². The molecular formula is C12H12BrN3O4S. The molecule has 1 aromatic carbocycles. The van der Waals surface area contributed by atoms with Crippen LogP contribution in [0, 0.1) is 0 Å². The van der Waals surface area contributed by atoms with E-state index in [1.54, 1.807) is 18.2 Å². The molecular weight excluding hydrogens is 362 g/mol. The second-order valence-corrected chi connectivity index (χ2v) is 7.69. The van der Waals surface area contributed by atoms with Gasteiger partial charge in [-0.15, -0.1) is 0 Å². The van der Waals surface area contributed by atoms with Crippen LogP contribution >= 0.6 is 15.9 Å². The lowest BCUT2D eigenvalue weighted by atomic mass is 10.2. The highest BCUT2D eigenvalue weighted by molar-refractivity contribution is 9.10. The number of sulfone groups is 1. The summed E-state index contributed by atoms with van der Waals surface area (Å²) in [6.45, 7) is 0.186. The topological polar surface area (TPSA) is 108 Å². The number of nitrogens with zero attached hydrogens (tertiary/aromatic N) is 2. The van der Waals surface area contributed by atoms with E-state index in [4.69, 9.17) is 15.0 Å². The van der Waals surface area contributed by atoms with Crippen molar-refractivity contribution in [1.82, 2.24) is 10.1 Å². The molecule has 0 radical (unpaired) electrons. The second kappa shape index (κ2) is 5.39. The zero-order valence-corrected chi connectivity index (χ0v) is 13.2. The van der Waals surface area contributed by atoms with Crippen molar-refractivity contribution in [3.05, 3.63) is 28.6 Å². The summed E-state index contributed by atoms with van der Waals surface area (Å²) in [4.78, 5) is 4.13. The zero-order chi connectivity index (χ0) is 15.0. The molecule has 7 nitrogen and oxygen atoms in total. The lowest BCUT2D eigenvalue weighted by molar-refractivity contribution is 0.229. The smallest absolute Gasteiger partial charge is 0.240 e. The average Bonchev–Trinajstić information content (AvgIpc) is 2.87. The lowest BCUT2D eigenvalue weighted by Crippen LogP contribution is -2.45. The van der Waals surface area contributed by atoms with Crippen LogP contribution in [0.5, 0.6) is 5.75 Å². The third kappa shape index (κ3) is 3.09. The summed E-state index contributed by atoms with van der Waals surface area (Å²) in [5, 5.41) is 3.83. The van der Waals surface area contributed by atoms with Gasteiger partial charge in [-0.05, 0) is 34.1 Å². The summed E-state index contributed by atoms with van der Waals surface area (Å²) < 4.78 is 33.5. The van der Waals surface area contributed by atoms with Crippen molar-refractivity contribution in [1.29, 1.82) is 0 Å². The number of ether oxygens (including phenoxy) is 1. The standard InChI is InChI=1S/C12H12BrN3O4S/c13-9-3-7(12-15-11(4-14)20-16-12)1-2-10(9)19-8-5-21(17,18)6-8/h1-3,8H,4-6,14H2. The van der Waals surface area contributed by atoms with Gasteiger partial charge in [0.2, 0.25) is 11.7 Å². The van der Waals surface area contributed by atoms with E-state index >= 15 is 0 Å². The van der Waals surface area contributed by atoms with Crippen molar-refractivity contribution in [2.45, 2.75) is 12.6 Å². The third-order valence-electron chi connectivity index (χ3n) is 3.01. The molecule has 0 atom stereocenters. The van der Waals surface area contributed by atoms with E-state index in [-0.39, 0.29) is 24.2 Å². The lowest BCUT2D eigenvalue weighted by Gasteiger charge is -2.27. The van der Waals surface area contributed by atoms with Crippen molar-refractivity contribution in [3.8, 4) is 17.1 Å². The van der Waals surface area contributed by atoms with Crippen LogP contribution in [0.15, 0.2) is 27.2 Å². The van der Waals surface area contributed by atoms with Gasteiger partial charge in [0, 0.05) is 5.56 Å². The molecule has 0 aliphatic carbocycles. The Kier molecular flexibility index (Phi) is 3.72. The summed E-state index contributed by atoms with van der Waals surface area (Å²) in [6.07, 6.45) is -0.286. The number of hydrogen-bond acceptors (Lipinski definition) is 7. The second-order valence-electron chi connectivity index (χ2n) is 4.68. The molecule has 3 rings (SSSR count). The Morgan fingerprint density at radius 2 is 2.19 bits per heavy atom. The molecule has 1 saturated heterocycles. The Bertz CT molecular complexity index is 763. The van der Waals surface area contributed by atoms with Crippen LogP contribution in [0.1, 0.15) is 5.89 Å². The van der Waals surface area contributed by atoms with Gasteiger partial charge < -0.3 is 15.0 Å². The van der Waals surface area contributed by atoms with Crippen LogP contribution in [0.25, 0.3) is 11.4 Å². The Hall–Kier alpha value is -1.45. The van der Waals surface area contributed by atoms with Crippen LogP contribution in [0.4, 0.5) is 0 Å². The van der Waals surface area contributed by atoms with E-state index < -0.39 is 9.84 Å². The number of rotatable bonds is 4. The number of benzene rings is 1. The van der Waals surface area contributed by atoms with E-state index in [0.717, 1.165) is 5.56 Å². The number of aromatic nitrogens is 2. The van der Waals surface area contributed by atoms with Crippen LogP contribution < -0.4 is 10.5 Å². The third-order valence-corrected chi connectivity index (χ3v) is 5.39. The minimum absolute atomic E-state index is 0.0614. The van der Waals surface area contributed by atoms with Crippen molar-refractivity contribution in [3.63, 3.8) is 0 Å².